The van der Waals surface area contributed by atoms with Crippen LogP contribution in [0, 0.1) is 6.92 Å². The predicted molar refractivity (Wildman–Crippen MR) is 94.5 cm³/mol. The Morgan fingerprint density at radius 1 is 1.48 bits per heavy atom. The number of carbonyl (C=O) groups is 1. The van der Waals surface area contributed by atoms with Crippen LogP contribution in [0.15, 0.2) is 30.5 Å². The van der Waals surface area contributed by atoms with E-state index >= 15 is 0 Å². The van der Waals surface area contributed by atoms with Crippen molar-refractivity contribution >= 4 is 5.91 Å². The first-order valence-corrected chi connectivity index (χ1v) is 8.62. The molecule has 0 aliphatic carbocycles. The number of rotatable bonds is 6. The molecule has 3 rings (SSSR count). The van der Waals surface area contributed by atoms with Crippen molar-refractivity contribution in [1.82, 2.24) is 14.9 Å². The van der Waals surface area contributed by atoms with Gasteiger partial charge in [0.05, 0.1) is 19.4 Å². The smallest absolute Gasteiger partial charge is 0.249 e. The van der Waals surface area contributed by atoms with Crippen molar-refractivity contribution in [1.29, 1.82) is 0 Å². The lowest BCUT2D eigenvalue weighted by molar-refractivity contribution is -0.133. The molecule has 2 atom stereocenters. The second kappa shape index (κ2) is 7.70. The molecule has 1 aromatic carbocycles. The summed E-state index contributed by atoms with van der Waals surface area (Å²) in [5, 5.41) is 3.09. The molecule has 0 unspecified atom stereocenters. The largest absolute Gasteiger partial charge is 0.497 e. The van der Waals surface area contributed by atoms with Gasteiger partial charge in [0.25, 0.3) is 0 Å². The summed E-state index contributed by atoms with van der Waals surface area (Å²) in [6.07, 6.45) is 3.33. The first kappa shape index (κ1) is 17.5. The van der Waals surface area contributed by atoms with Crippen molar-refractivity contribution in [3.8, 4) is 5.75 Å². The molecule has 6 nitrogen and oxygen atoms in total. The molecule has 1 N–H and O–H groups in total. The van der Waals surface area contributed by atoms with Gasteiger partial charge in [-0.3, -0.25) is 4.79 Å². The maximum Gasteiger partial charge on any atom is 0.249 e. The van der Waals surface area contributed by atoms with Gasteiger partial charge >= 0.3 is 0 Å². The van der Waals surface area contributed by atoms with Crippen molar-refractivity contribution in [2.45, 2.75) is 52.0 Å². The summed E-state index contributed by atoms with van der Waals surface area (Å²) in [5.41, 5.74) is 2.01. The van der Waals surface area contributed by atoms with Crippen LogP contribution in [-0.2, 0) is 29.1 Å². The molecule has 0 radical (unpaired) electrons. The van der Waals surface area contributed by atoms with Crippen molar-refractivity contribution in [2.75, 3.05) is 7.11 Å². The Morgan fingerprint density at radius 2 is 2.32 bits per heavy atom. The molecule has 0 spiro atoms. The number of hydrogen-bond donors (Lipinski definition) is 1. The minimum absolute atomic E-state index is 0.0758. The van der Waals surface area contributed by atoms with E-state index < -0.39 is 6.10 Å². The Bertz CT molecular complexity index is 741. The number of fused-ring (bicyclic) bond motifs is 1. The molecular formula is C19H25N3O3. The highest BCUT2D eigenvalue weighted by Crippen LogP contribution is 2.16. The minimum atomic E-state index is -0.503. The Kier molecular flexibility index (Phi) is 5.38. The monoisotopic (exact) mass is 343 g/mol. The summed E-state index contributed by atoms with van der Waals surface area (Å²) in [7, 11) is 1.63. The van der Waals surface area contributed by atoms with Gasteiger partial charge in [-0.15, -0.1) is 0 Å². The molecule has 6 heteroatoms. The van der Waals surface area contributed by atoms with Crippen LogP contribution < -0.4 is 10.1 Å². The molecule has 0 bridgehead atoms. The van der Waals surface area contributed by atoms with E-state index in [1.165, 1.54) is 0 Å². The summed E-state index contributed by atoms with van der Waals surface area (Å²) in [4.78, 5) is 16.9. The molecule has 1 aromatic heterocycles. The molecule has 0 fully saturated rings. The van der Waals surface area contributed by atoms with Gasteiger partial charge in [0, 0.05) is 25.2 Å². The van der Waals surface area contributed by atoms with Gasteiger partial charge in [-0.2, -0.15) is 0 Å². The molecule has 2 aromatic rings. The first-order valence-electron chi connectivity index (χ1n) is 8.62. The Hall–Kier alpha value is -2.34. The summed E-state index contributed by atoms with van der Waals surface area (Å²) in [5.74, 6) is 1.81. The van der Waals surface area contributed by atoms with Gasteiger partial charge in [-0.25, -0.2) is 4.98 Å². The molecule has 1 aliphatic rings. The number of hydrogen-bond acceptors (Lipinski definition) is 4. The van der Waals surface area contributed by atoms with Crippen LogP contribution in [0.2, 0.25) is 0 Å². The van der Waals surface area contributed by atoms with Gasteiger partial charge in [0.2, 0.25) is 5.91 Å². The fourth-order valence-electron chi connectivity index (χ4n) is 3.08. The van der Waals surface area contributed by atoms with E-state index in [1.807, 2.05) is 37.4 Å². The normalized spacial score (nSPS) is 17.6. The molecule has 1 amide bonds. The van der Waals surface area contributed by atoms with E-state index in [1.54, 1.807) is 14.0 Å². The zero-order valence-electron chi connectivity index (χ0n) is 15.0. The number of nitrogens with zero attached hydrogens (tertiary/aromatic N) is 2. The Labute approximate surface area is 148 Å². The van der Waals surface area contributed by atoms with Gasteiger partial charge < -0.3 is 19.4 Å². The third-order valence-corrected chi connectivity index (χ3v) is 4.46. The van der Waals surface area contributed by atoms with Crippen molar-refractivity contribution in [3.63, 3.8) is 0 Å². The van der Waals surface area contributed by atoms with Gasteiger partial charge in [0.1, 0.15) is 17.7 Å². The van der Waals surface area contributed by atoms with E-state index in [-0.39, 0.29) is 11.9 Å². The third kappa shape index (κ3) is 4.39. The van der Waals surface area contributed by atoms with E-state index in [0.717, 1.165) is 42.2 Å². The van der Waals surface area contributed by atoms with Crippen LogP contribution in [0.1, 0.15) is 30.4 Å². The average molecular weight is 343 g/mol. The summed E-state index contributed by atoms with van der Waals surface area (Å²) < 4.78 is 13.0. The zero-order valence-corrected chi connectivity index (χ0v) is 15.0. The standard InChI is InChI=1S/C19H25N3O3/c1-13-10-22-11-16(7-8-18(22)20-13)21-19(23)14(2)25-12-15-5-4-6-17(9-15)24-3/h4-6,9-10,14,16H,7-8,11-12H2,1-3H3,(H,21,23)/t14-,16-/m1/s1. The highest BCUT2D eigenvalue weighted by atomic mass is 16.5. The van der Waals surface area contributed by atoms with Crippen molar-refractivity contribution in [3.05, 3.63) is 47.5 Å². The molecule has 134 valence electrons. The zero-order chi connectivity index (χ0) is 17.8. The molecule has 1 aliphatic heterocycles. The van der Waals surface area contributed by atoms with E-state index in [9.17, 15) is 4.79 Å². The molecule has 25 heavy (non-hydrogen) atoms. The lowest BCUT2D eigenvalue weighted by atomic mass is 10.1. The van der Waals surface area contributed by atoms with Crippen LogP contribution in [0.5, 0.6) is 5.75 Å². The SMILES string of the molecule is COc1cccc(CO[C@H](C)C(=O)N[C@@H]2CCc3nc(C)cn3C2)c1. The second-order valence-electron chi connectivity index (χ2n) is 6.50. The Morgan fingerprint density at radius 3 is 3.12 bits per heavy atom. The number of benzene rings is 1. The highest BCUT2D eigenvalue weighted by molar-refractivity contribution is 5.80. The number of amides is 1. The summed E-state index contributed by atoms with van der Waals surface area (Å²) in [6.45, 7) is 4.92. The van der Waals surface area contributed by atoms with E-state index in [0.29, 0.717) is 6.61 Å². The van der Waals surface area contributed by atoms with Crippen LogP contribution in [0.4, 0.5) is 0 Å². The summed E-state index contributed by atoms with van der Waals surface area (Å²) >= 11 is 0. The third-order valence-electron chi connectivity index (χ3n) is 4.46. The topological polar surface area (TPSA) is 65.4 Å². The van der Waals surface area contributed by atoms with Crippen LogP contribution in [0.25, 0.3) is 0 Å². The average Bonchev–Trinajstić information content (AvgIpc) is 2.99. The number of ether oxygens (including phenoxy) is 2. The van der Waals surface area contributed by atoms with Crippen LogP contribution in [-0.4, -0.2) is 34.7 Å². The fourth-order valence-corrected chi connectivity index (χ4v) is 3.08. The number of aryl methyl sites for hydroxylation is 2. The molecule has 2 heterocycles. The lowest BCUT2D eigenvalue weighted by Gasteiger charge is -2.26. The fraction of sp³-hybridized carbons (Fsp3) is 0.474. The predicted octanol–water partition coefficient (Wildman–Crippen LogP) is 2.24. The highest BCUT2D eigenvalue weighted by Gasteiger charge is 2.23. The van der Waals surface area contributed by atoms with Gasteiger partial charge in [0.15, 0.2) is 0 Å². The maximum absolute atomic E-state index is 12.4. The van der Waals surface area contributed by atoms with E-state index in [2.05, 4.69) is 14.9 Å². The number of carbonyl (C=O) groups excluding carboxylic acids is 1. The van der Waals surface area contributed by atoms with E-state index in [4.69, 9.17) is 9.47 Å². The summed E-state index contributed by atoms with van der Waals surface area (Å²) in [6, 6.07) is 7.78. The molecule has 0 saturated heterocycles. The first-order chi connectivity index (χ1) is 12.0. The maximum atomic E-state index is 12.4. The van der Waals surface area contributed by atoms with Gasteiger partial charge in [-0.05, 0) is 38.0 Å². The number of imidazole rings is 1. The number of nitrogens with one attached hydrogen (secondary N) is 1. The molecule has 0 saturated carbocycles. The van der Waals surface area contributed by atoms with Crippen molar-refractivity contribution < 1.29 is 14.3 Å². The molecular weight excluding hydrogens is 318 g/mol. The number of aromatic nitrogens is 2. The lowest BCUT2D eigenvalue weighted by Crippen LogP contribution is -2.45. The Balaban J connectivity index is 1.49. The van der Waals surface area contributed by atoms with Crippen LogP contribution >= 0.6 is 0 Å². The minimum Gasteiger partial charge on any atom is -0.497 e. The van der Waals surface area contributed by atoms with Gasteiger partial charge in [-0.1, -0.05) is 12.1 Å². The number of methoxy groups -OCH3 is 1. The van der Waals surface area contributed by atoms with Crippen molar-refractivity contribution in [2.24, 2.45) is 0 Å². The van der Waals surface area contributed by atoms with Crippen LogP contribution in [0.3, 0.4) is 0 Å². The quantitative estimate of drug-likeness (QED) is 0.874. The second-order valence-corrected chi connectivity index (χ2v) is 6.50.